The summed E-state index contributed by atoms with van der Waals surface area (Å²) < 4.78 is 0. The van der Waals surface area contributed by atoms with E-state index in [1.807, 2.05) is 0 Å². The molecule has 3 rings (SSSR count). The summed E-state index contributed by atoms with van der Waals surface area (Å²) in [7, 11) is 0. The second-order valence-corrected chi connectivity index (χ2v) is 5.95. The van der Waals surface area contributed by atoms with Gasteiger partial charge in [0.15, 0.2) is 0 Å². The summed E-state index contributed by atoms with van der Waals surface area (Å²) in [6.45, 7) is 0. The summed E-state index contributed by atoms with van der Waals surface area (Å²) in [4.78, 5) is 12.3. The van der Waals surface area contributed by atoms with Crippen LogP contribution in [0.25, 0.3) is 0 Å². The van der Waals surface area contributed by atoms with Crippen molar-refractivity contribution in [2.24, 2.45) is 5.84 Å². The second-order valence-electron chi connectivity index (χ2n) is 5.95. The lowest BCUT2D eigenvalue weighted by Gasteiger charge is -2.29. The van der Waals surface area contributed by atoms with Crippen molar-refractivity contribution in [2.45, 2.75) is 56.8 Å². The van der Waals surface area contributed by atoms with E-state index in [4.69, 9.17) is 5.84 Å². The van der Waals surface area contributed by atoms with Gasteiger partial charge in [-0.2, -0.15) is 0 Å². The third-order valence-corrected chi connectivity index (χ3v) is 4.92. The van der Waals surface area contributed by atoms with E-state index in [0.29, 0.717) is 0 Å². The molecule has 3 nitrogen and oxygen atoms in total. The van der Waals surface area contributed by atoms with Crippen LogP contribution in [-0.4, -0.2) is 5.91 Å². The summed E-state index contributed by atoms with van der Waals surface area (Å²) in [6, 6.07) is 6.66. The first-order chi connectivity index (χ1) is 9.26. The van der Waals surface area contributed by atoms with Gasteiger partial charge in [0.2, 0.25) is 5.91 Å². The van der Waals surface area contributed by atoms with Crippen molar-refractivity contribution < 1.29 is 4.79 Å². The summed E-state index contributed by atoms with van der Waals surface area (Å²) in [6.07, 6.45) is 8.99. The molecule has 1 aromatic carbocycles. The fourth-order valence-corrected chi connectivity index (χ4v) is 3.79. The van der Waals surface area contributed by atoms with Gasteiger partial charge in [-0.25, -0.2) is 5.84 Å². The molecular weight excluding hydrogens is 236 g/mol. The van der Waals surface area contributed by atoms with Crippen molar-refractivity contribution in [2.75, 3.05) is 0 Å². The van der Waals surface area contributed by atoms with Crippen molar-refractivity contribution in [1.29, 1.82) is 0 Å². The average molecular weight is 258 g/mol. The highest BCUT2D eigenvalue weighted by atomic mass is 16.2. The topological polar surface area (TPSA) is 55.1 Å². The van der Waals surface area contributed by atoms with Gasteiger partial charge in [0.1, 0.15) is 0 Å². The molecule has 1 fully saturated rings. The molecule has 102 valence electrons. The van der Waals surface area contributed by atoms with Gasteiger partial charge in [-0.1, -0.05) is 31.0 Å². The summed E-state index contributed by atoms with van der Waals surface area (Å²) in [5.74, 6) is 5.40. The second kappa shape index (κ2) is 4.97. The summed E-state index contributed by atoms with van der Waals surface area (Å²) in [5, 5.41) is 0. The molecule has 0 spiro atoms. The number of fused-ring (bicyclic) bond motifs is 1. The van der Waals surface area contributed by atoms with Crippen LogP contribution in [0.2, 0.25) is 0 Å². The normalized spacial score (nSPS) is 20.9. The number of nitrogens with one attached hydrogen (secondary N) is 1. The zero-order valence-electron chi connectivity index (χ0n) is 11.4. The van der Waals surface area contributed by atoms with Crippen LogP contribution in [0.15, 0.2) is 18.2 Å². The van der Waals surface area contributed by atoms with Gasteiger partial charge >= 0.3 is 0 Å². The van der Waals surface area contributed by atoms with E-state index in [1.165, 1.54) is 36.0 Å². The quantitative estimate of drug-likeness (QED) is 0.486. The Kier molecular flexibility index (Phi) is 3.31. The maximum Gasteiger partial charge on any atom is 0.244 e. The SMILES string of the molecule is NNC(=O)C1(c2ccc3c(c2)CCCC3)CCCC1. The fourth-order valence-electron chi connectivity index (χ4n) is 3.79. The Morgan fingerprint density at radius 2 is 1.74 bits per heavy atom. The molecule has 3 heteroatoms. The molecule has 0 heterocycles. The van der Waals surface area contributed by atoms with E-state index >= 15 is 0 Å². The minimum absolute atomic E-state index is 0.0132. The third-order valence-electron chi connectivity index (χ3n) is 4.92. The Hall–Kier alpha value is -1.35. The molecule has 0 atom stereocenters. The Morgan fingerprint density at radius 3 is 2.42 bits per heavy atom. The minimum atomic E-state index is -0.374. The highest BCUT2D eigenvalue weighted by Crippen LogP contribution is 2.42. The highest BCUT2D eigenvalue weighted by Gasteiger charge is 2.42. The smallest absolute Gasteiger partial charge is 0.244 e. The number of benzene rings is 1. The van der Waals surface area contributed by atoms with Crippen LogP contribution in [0.3, 0.4) is 0 Å². The number of hydrogen-bond acceptors (Lipinski definition) is 2. The lowest BCUT2D eigenvalue weighted by atomic mass is 9.76. The highest BCUT2D eigenvalue weighted by molar-refractivity contribution is 5.88. The molecule has 0 unspecified atom stereocenters. The number of hydrazine groups is 1. The average Bonchev–Trinajstić information content (AvgIpc) is 2.96. The van der Waals surface area contributed by atoms with E-state index in [0.717, 1.165) is 32.1 Å². The van der Waals surface area contributed by atoms with Crippen LogP contribution in [0.4, 0.5) is 0 Å². The molecule has 0 aromatic heterocycles. The molecule has 19 heavy (non-hydrogen) atoms. The molecule has 1 amide bonds. The summed E-state index contributed by atoms with van der Waals surface area (Å²) in [5.41, 5.74) is 6.10. The first-order valence-electron chi connectivity index (χ1n) is 7.40. The van der Waals surface area contributed by atoms with Gasteiger partial charge in [0.25, 0.3) is 0 Å². The van der Waals surface area contributed by atoms with Crippen molar-refractivity contribution in [1.82, 2.24) is 5.43 Å². The first-order valence-corrected chi connectivity index (χ1v) is 7.40. The van der Waals surface area contributed by atoms with Gasteiger partial charge in [-0.05, 0) is 55.2 Å². The Labute approximate surface area is 114 Å². The Bertz CT molecular complexity index is 490. The maximum absolute atomic E-state index is 12.3. The molecule has 1 aromatic rings. The molecule has 1 saturated carbocycles. The van der Waals surface area contributed by atoms with Crippen LogP contribution in [0.5, 0.6) is 0 Å². The molecule has 3 N–H and O–H groups in total. The molecule has 0 bridgehead atoms. The number of amides is 1. The van der Waals surface area contributed by atoms with Crippen LogP contribution < -0.4 is 11.3 Å². The lowest BCUT2D eigenvalue weighted by Crippen LogP contribution is -2.45. The standard InChI is InChI=1S/C16H22N2O/c17-18-15(19)16(9-3-4-10-16)14-8-7-12-5-1-2-6-13(12)11-14/h7-8,11H,1-6,9-10,17H2,(H,18,19). The van der Waals surface area contributed by atoms with Crippen LogP contribution in [-0.2, 0) is 23.1 Å². The van der Waals surface area contributed by atoms with E-state index < -0.39 is 0 Å². The van der Waals surface area contributed by atoms with Gasteiger partial charge < -0.3 is 0 Å². The largest absolute Gasteiger partial charge is 0.293 e. The Morgan fingerprint density at radius 1 is 1.05 bits per heavy atom. The van der Waals surface area contributed by atoms with E-state index in [-0.39, 0.29) is 11.3 Å². The van der Waals surface area contributed by atoms with Crippen LogP contribution in [0, 0.1) is 0 Å². The third kappa shape index (κ3) is 2.06. The van der Waals surface area contributed by atoms with Gasteiger partial charge in [-0.15, -0.1) is 0 Å². The lowest BCUT2D eigenvalue weighted by molar-refractivity contribution is -0.126. The minimum Gasteiger partial charge on any atom is -0.293 e. The van der Waals surface area contributed by atoms with Crippen molar-refractivity contribution in [3.8, 4) is 0 Å². The molecule has 2 aliphatic carbocycles. The molecule has 0 saturated heterocycles. The van der Waals surface area contributed by atoms with Crippen molar-refractivity contribution >= 4 is 5.91 Å². The zero-order valence-corrected chi connectivity index (χ0v) is 11.4. The number of carbonyl (C=O) groups excluding carboxylic acids is 1. The Balaban J connectivity index is 2.01. The maximum atomic E-state index is 12.3. The van der Waals surface area contributed by atoms with Crippen LogP contribution >= 0.6 is 0 Å². The van der Waals surface area contributed by atoms with Crippen LogP contribution in [0.1, 0.15) is 55.2 Å². The summed E-state index contributed by atoms with van der Waals surface area (Å²) >= 11 is 0. The van der Waals surface area contributed by atoms with Gasteiger partial charge in [-0.3, -0.25) is 10.2 Å². The van der Waals surface area contributed by atoms with Crippen molar-refractivity contribution in [3.63, 3.8) is 0 Å². The number of aryl methyl sites for hydroxylation is 2. The van der Waals surface area contributed by atoms with Gasteiger partial charge in [0, 0.05) is 0 Å². The first kappa shape index (κ1) is 12.7. The number of carbonyl (C=O) groups is 1. The van der Waals surface area contributed by atoms with E-state index in [2.05, 4.69) is 23.6 Å². The molecule has 0 aliphatic heterocycles. The fraction of sp³-hybridized carbons (Fsp3) is 0.562. The predicted octanol–water partition coefficient (Wildman–Crippen LogP) is 2.37. The zero-order chi connectivity index (χ0) is 13.3. The monoisotopic (exact) mass is 258 g/mol. The number of rotatable bonds is 2. The molecule has 0 radical (unpaired) electrons. The van der Waals surface area contributed by atoms with E-state index in [1.54, 1.807) is 0 Å². The van der Waals surface area contributed by atoms with Gasteiger partial charge in [0.05, 0.1) is 5.41 Å². The van der Waals surface area contributed by atoms with E-state index in [9.17, 15) is 4.79 Å². The predicted molar refractivity (Wildman–Crippen MR) is 75.6 cm³/mol. The molecule has 2 aliphatic rings. The number of hydrogen-bond donors (Lipinski definition) is 2. The number of nitrogens with two attached hydrogens (primary N) is 1. The molecular formula is C16H22N2O. The van der Waals surface area contributed by atoms with Crippen molar-refractivity contribution in [3.05, 3.63) is 34.9 Å².